The van der Waals surface area contributed by atoms with E-state index in [0.717, 1.165) is 36.7 Å². The lowest BCUT2D eigenvalue weighted by atomic mass is 10.1. The van der Waals surface area contributed by atoms with E-state index in [9.17, 15) is 9.90 Å². The zero-order chi connectivity index (χ0) is 20.2. The number of aliphatic hydroxyl groups excluding tert-OH is 1. The number of carbonyl (C=O) groups is 1. The number of rotatable bonds is 9. The maximum Gasteiger partial charge on any atom is 0.221 e. The average Bonchev–Trinajstić information content (AvgIpc) is 2.69. The molecule has 2 aromatic carbocycles. The summed E-state index contributed by atoms with van der Waals surface area (Å²) >= 11 is 0. The smallest absolute Gasteiger partial charge is 0.221 e. The van der Waals surface area contributed by atoms with Crippen LogP contribution in [0.1, 0.15) is 37.5 Å². The Morgan fingerprint density at radius 2 is 1.76 bits per heavy atom. The lowest BCUT2D eigenvalue weighted by Crippen LogP contribution is -2.38. The maximum atomic E-state index is 11.1. The zero-order valence-corrected chi connectivity index (χ0v) is 19.4. The number of amides is 1. The Hall–Kier alpha value is -2.13. The van der Waals surface area contributed by atoms with Gasteiger partial charge in [-0.1, -0.05) is 42.5 Å². The number of hydrogen-bond acceptors (Lipinski definition) is 3. The molecule has 1 unspecified atom stereocenters. The van der Waals surface area contributed by atoms with Crippen molar-refractivity contribution in [1.82, 2.24) is 10.6 Å². The molecule has 0 aliphatic carbocycles. The van der Waals surface area contributed by atoms with Gasteiger partial charge in [0.05, 0.1) is 6.10 Å². The molecule has 0 bridgehead atoms. The van der Waals surface area contributed by atoms with Crippen molar-refractivity contribution in [1.29, 1.82) is 0 Å². The topological polar surface area (TPSA) is 85.8 Å². The Morgan fingerprint density at radius 3 is 2.38 bits per heavy atom. The lowest BCUT2D eigenvalue weighted by Gasteiger charge is -2.13. The summed E-state index contributed by atoms with van der Waals surface area (Å²) in [4.78, 5) is 15.6. The fraction of sp³-hybridized carbons (Fsp3) is 0.364. The van der Waals surface area contributed by atoms with Crippen molar-refractivity contribution in [3.05, 3.63) is 65.7 Å². The number of halogens is 1. The summed E-state index contributed by atoms with van der Waals surface area (Å²) in [6, 6.07) is 17.5. The Balaban J connectivity index is 0.00000420. The molecule has 29 heavy (non-hydrogen) atoms. The summed E-state index contributed by atoms with van der Waals surface area (Å²) in [5, 5.41) is 19.5. The highest BCUT2D eigenvalue weighted by molar-refractivity contribution is 14.0. The van der Waals surface area contributed by atoms with E-state index < -0.39 is 6.10 Å². The molecule has 4 N–H and O–H groups in total. The number of nitrogens with one attached hydrogen (secondary N) is 3. The third-order valence-electron chi connectivity index (χ3n) is 4.18. The minimum Gasteiger partial charge on any atom is -0.388 e. The number of benzene rings is 2. The molecule has 2 aromatic rings. The molecule has 0 fully saturated rings. The van der Waals surface area contributed by atoms with Crippen LogP contribution in [-0.2, 0) is 11.2 Å². The number of anilines is 1. The van der Waals surface area contributed by atoms with Gasteiger partial charge in [0.15, 0.2) is 5.96 Å². The van der Waals surface area contributed by atoms with E-state index in [1.165, 1.54) is 12.5 Å². The van der Waals surface area contributed by atoms with Crippen LogP contribution in [-0.4, -0.2) is 36.6 Å². The third kappa shape index (κ3) is 9.76. The molecule has 0 aliphatic heterocycles. The molecule has 0 radical (unpaired) electrons. The molecule has 0 saturated carbocycles. The van der Waals surface area contributed by atoms with Crippen LogP contribution < -0.4 is 16.0 Å². The SMILES string of the molecule is CCNC(=NCCC(O)c1ccccc1)NCCc1ccc(NC(C)=O)cc1.I. The van der Waals surface area contributed by atoms with E-state index in [2.05, 4.69) is 20.9 Å². The van der Waals surface area contributed by atoms with Gasteiger partial charge in [-0.15, -0.1) is 24.0 Å². The van der Waals surface area contributed by atoms with Gasteiger partial charge in [-0.3, -0.25) is 9.79 Å². The quantitative estimate of drug-likeness (QED) is 0.237. The molecule has 6 nitrogen and oxygen atoms in total. The largest absolute Gasteiger partial charge is 0.388 e. The van der Waals surface area contributed by atoms with Crippen LogP contribution in [0.4, 0.5) is 5.69 Å². The third-order valence-corrected chi connectivity index (χ3v) is 4.18. The van der Waals surface area contributed by atoms with E-state index in [-0.39, 0.29) is 29.9 Å². The normalized spacial score (nSPS) is 11.9. The number of nitrogens with zero attached hydrogens (tertiary/aromatic N) is 1. The average molecular weight is 510 g/mol. The summed E-state index contributed by atoms with van der Waals surface area (Å²) in [6.45, 7) is 5.58. The standard InChI is InChI=1S/C22H30N4O2.HI/c1-3-23-22(25-16-14-21(28)19-7-5-4-6-8-19)24-15-13-18-9-11-20(12-10-18)26-17(2)27;/h4-12,21,28H,3,13-16H2,1-2H3,(H,26,27)(H2,23,24,25);1H. The molecule has 0 saturated heterocycles. The van der Waals surface area contributed by atoms with Gasteiger partial charge in [0, 0.05) is 32.2 Å². The number of aliphatic hydroxyl groups is 1. The second-order valence-electron chi connectivity index (χ2n) is 6.53. The van der Waals surface area contributed by atoms with Crippen LogP contribution in [0.15, 0.2) is 59.6 Å². The molecule has 0 aromatic heterocycles. The Bertz CT molecular complexity index is 751. The number of hydrogen-bond donors (Lipinski definition) is 4. The molecule has 2 rings (SSSR count). The van der Waals surface area contributed by atoms with Gasteiger partial charge in [-0.25, -0.2) is 0 Å². The van der Waals surface area contributed by atoms with Gasteiger partial charge in [0.2, 0.25) is 5.91 Å². The van der Waals surface area contributed by atoms with Crippen molar-refractivity contribution in [3.63, 3.8) is 0 Å². The van der Waals surface area contributed by atoms with E-state index in [4.69, 9.17) is 0 Å². The van der Waals surface area contributed by atoms with Gasteiger partial charge in [0.1, 0.15) is 0 Å². The summed E-state index contributed by atoms with van der Waals surface area (Å²) in [6.07, 6.45) is 0.915. The molecule has 7 heteroatoms. The monoisotopic (exact) mass is 510 g/mol. The van der Waals surface area contributed by atoms with E-state index in [0.29, 0.717) is 13.0 Å². The van der Waals surface area contributed by atoms with Crippen LogP contribution in [0, 0.1) is 0 Å². The molecule has 1 amide bonds. The number of guanidine groups is 1. The highest BCUT2D eigenvalue weighted by atomic mass is 127. The Labute approximate surface area is 190 Å². The van der Waals surface area contributed by atoms with E-state index >= 15 is 0 Å². The fourth-order valence-corrected chi connectivity index (χ4v) is 2.77. The predicted molar refractivity (Wildman–Crippen MR) is 130 cm³/mol. The first kappa shape index (κ1) is 24.9. The minimum absolute atomic E-state index is 0. The van der Waals surface area contributed by atoms with E-state index in [1.807, 2.05) is 61.5 Å². The second-order valence-corrected chi connectivity index (χ2v) is 6.53. The van der Waals surface area contributed by atoms with Crippen LogP contribution in [0.25, 0.3) is 0 Å². The summed E-state index contributed by atoms with van der Waals surface area (Å²) in [5.74, 6) is 0.677. The molecule has 0 spiro atoms. The maximum absolute atomic E-state index is 11.1. The molecular formula is C22H31IN4O2. The van der Waals surface area contributed by atoms with E-state index in [1.54, 1.807) is 0 Å². The molecular weight excluding hydrogens is 479 g/mol. The van der Waals surface area contributed by atoms with Crippen LogP contribution in [0.2, 0.25) is 0 Å². The van der Waals surface area contributed by atoms with Crippen molar-refractivity contribution in [2.24, 2.45) is 4.99 Å². The van der Waals surface area contributed by atoms with Gasteiger partial charge >= 0.3 is 0 Å². The number of carbonyl (C=O) groups excluding carboxylic acids is 1. The summed E-state index contributed by atoms with van der Waals surface area (Å²) in [5.41, 5.74) is 2.89. The van der Waals surface area contributed by atoms with Crippen molar-refractivity contribution in [3.8, 4) is 0 Å². The van der Waals surface area contributed by atoms with Crippen molar-refractivity contribution in [2.75, 3.05) is 25.0 Å². The first-order chi connectivity index (χ1) is 13.6. The van der Waals surface area contributed by atoms with Crippen LogP contribution >= 0.6 is 24.0 Å². The molecule has 1 atom stereocenters. The van der Waals surface area contributed by atoms with Crippen LogP contribution in [0.5, 0.6) is 0 Å². The summed E-state index contributed by atoms with van der Waals surface area (Å²) in [7, 11) is 0. The lowest BCUT2D eigenvalue weighted by molar-refractivity contribution is -0.114. The van der Waals surface area contributed by atoms with Gasteiger partial charge in [0.25, 0.3) is 0 Å². The molecule has 158 valence electrons. The highest BCUT2D eigenvalue weighted by Gasteiger charge is 2.06. The first-order valence-corrected chi connectivity index (χ1v) is 9.70. The van der Waals surface area contributed by atoms with Gasteiger partial charge in [-0.05, 0) is 43.0 Å². The van der Waals surface area contributed by atoms with Crippen LogP contribution in [0.3, 0.4) is 0 Å². The molecule has 0 aliphatic rings. The second kappa shape index (κ2) is 13.9. The Morgan fingerprint density at radius 1 is 1.07 bits per heavy atom. The molecule has 0 heterocycles. The van der Waals surface area contributed by atoms with Crippen molar-refractivity contribution >= 4 is 41.5 Å². The van der Waals surface area contributed by atoms with Crippen molar-refractivity contribution in [2.45, 2.75) is 32.8 Å². The summed E-state index contributed by atoms with van der Waals surface area (Å²) < 4.78 is 0. The van der Waals surface area contributed by atoms with Gasteiger partial charge < -0.3 is 21.1 Å². The Kier molecular flexibility index (Phi) is 12.0. The fourth-order valence-electron chi connectivity index (χ4n) is 2.77. The first-order valence-electron chi connectivity index (χ1n) is 9.70. The predicted octanol–water partition coefficient (Wildman–Crippen LogP) is 3.48. The van der Waals surface area contributed by atoms with Crippen molar-refractivity contribution < 1.29 is 9.90 Å². The van der Waals surface area contributed by atoms with Gasteiger partial charge in [-0.2, -0.15) is 0 Å². The highest BCUT2D eigenvalue weighted by Crippen LogP contribution is 2.15. The minimum atomic E-state index is -0.505. The number of aliphatic imine (C=N–C) groups is 1. The zero-order valence-electron chi connectivity index (χ0n) is 17.0.